The van der Waals surface area contributed by atoms with Gasteiger partial charge in [0.1, 0.15) is 6.72 Å². The minimum atomic E-state index is -0.0859. The molecule has 0 unspecified atom stereocenters. The second kappa shape index (κ2) is 5.22. The van der Waals surface area contributed by atoms with Crippen LogP contribution in [0.2, 0.25) is 0 Å². The minimum absolute atomic E-state index is 0.0859. The molecule has 0 N–H and O–H groups in total. The molecule has 1 heterocycles. The monoisotopic (exact) mass is 335 g/mol. The molecule has 26 heavy (non-hydrogen) atoms. The van der Waals surface area contributed by atoms with Gasteiger partial charge in [0.15, 0.2) is 6.20 Å². The van der Waals surface area contributed by atoms with Crippen LogP contribution in [0.4, 0.5) is 0 Å². The number of pyridine rings is 1. The molecule has 2 aromatic carbocycles. The molecule has 2 aliphatic rings. The third-order valence-electron chi connectivity index (χ3n) is 5.73. The number of benzene rings is 2. The summed E-state index contributed by atoms with van der Waals surface area (Å²) in [5, 5.41) is 3.98. The fourth-order valence-corrected chi connectivity index (χ4v) is 4.65. The summed E-state index contributed by atoms with van der Waals surface area (Å²) >= 11 is 0. The van der Waals surface area contributed by atoms with Crippen molar-refractivity contribution in [1.29, 1.82) is 0 Å². The number of allylic oxidation sites excluding steroid dienone is 2. The molecule has 0 amide bonds. The van der Waals surface area contributed by atoms with Gasteiger partial charge in [-0.2, -0.15) is 4.24 Å². The van der Waals surface area contributed by atoms with E-state index in [1.807, 2.05) is 4.24 Å². The van der Waals surface area contributed by atoms with Crippen molar-refractivity contribution in [2.24, 2.45) is 0 Å². The van der Waals surface area contributed by atoms with Crippen LogP contribution in [-0.4, -0.2) is 0 Å². The van der Waals surface area contributed by atoms with E-state index in [4.69, 9.17) is 0 Å². The normalized spacial score (nSPS) is 15.5. The first-order valence-corrected chi connectivity index (χ1v) is 9.07. The van der Waals surface area contributed by atoms with Crippen LogP contribution in [0.1, 0.15) is 30.5 Å². The van der Waals surface area contributed by atoms with E-state index < -0.39 is 0 Å². The highest BCUT2D eigenvalue weighted by molar-refractivity contribution is 5.68. The Kier molecular flexibility index (Phi) is 3.05. The number of nitrogens with zero attached hydrogens (tertiary/aromatic N) is 1. The SMILES string of the molecule is C=[n+]1ccc2c(c1-c1ccccc1)C(C)(C)c1c3c(ccc1=2)=CC=C[CH-]3. The molecule has 0 atom stereocenters. The largest absolute Gasteiger partial charge is 0.221 e. The summed E-state index contributed by atoms with van der Waals surface area (Å²) in [5.74, 6) is 0. The van der Waals surface area contributed by atoms with Crippen molar-refractivity contribution in [2.75, 3.05) is 0 Å². The molecule has 0 aliphatic heterocycles. The second-order valence-corrected chi connectivity index (χ2v) is 7.62. The highest BCUT2D eigenvalue weighted by atomic mass is 14.8. The Morgan fingerprint density at radius 3 is 2.50 bits per heavy atom. The summed E-state index contributed by atoms with van der Waals surface area (Å²) in [7, 11) is 0. The Hall–Kier alpha value is -3.06. The highest BCUT2D eigenvalue weighted by Gasteiger charge is 2.35. The molecule has 5 rings (SSSR count). The predicted molar refractivity (Wildman–Crippen MR) is 106 cm³/mol. The summed E-state index contributed by atoms with van der Waals surface area (Å²) < 4.78 is 2.02. The van der Waals surface area contributed by atoms with E-state index in [0.717, 1.165) is 0 Å². The van der Waals surface area contributed by atoms with Gasteiger partial charge in [0.25, 0.3) is 0 Å². The molecular formula is C25H21N. The maximum Gasteiger partial charge on any atom is 0.221 e. The molecule has 2 aliphatic carbocycles. The molecule has 0 saturated heterocycles. The molecule has 0 bridgehead atoms. The zero-order chi connectivity index (χ0) is 17.9. The molecular weight excluding hydrogens is 314 g/mol. The van der Waals surface area contributed by atoms with Crippen molar-refractivity contribution in [3.8, 4) is 11.3 Å². The van der Waals surface area contributed by atoms with Crippen LogP contribution >= 0.6 is 0 Å². The van der Waals surface area contributed by atoms with E-state index in [2.05, 4.69) is 99.9 Å². The lowest BCUT2D eigenvalue weighted by molar-refractivity contribution is -0.486. The Labute approximate surface area is 153 Å². The lowest BCUT2D eigenvalue weighted by Crippen LogP contribution is -2.28. The van der Waals surface area contributed by atoms with Crippen LogP contribution in [0.3, 0.4) is 0 Å². The van der Waals surface area contributed by atoms with Gasteiger partial charge in [-0.1, -0.05) is 49.4 Å². The lowest BCUT2D eigenvalue weighted by atomic mass is 9.76. The fourth-order valence-electron chi connectivity index (χ4n) is 4.65. The van der Waals surface area contributed by atoms with E-state index in [-0.39, 0.29) is 5.41 Å². The van der Waals surface area contributed by atoms with Gasteiger partial charge in [-0.05, 0) is 22.8 Å². The summed E-state index contributed by atoms with van der Waals surface area (Å²) in [5.41, 5.74) is 6.47. The smallest absolute Gasteiger partial charge is 0.173 e. The molecule has 3 aromatic rings. The van der Waals surface area contributed by atoms with Crippen LogP contribution in [0, 0.1) is 23.6 Å². The van der Waals surface area contributed by atoms with Gasteiger partial charge < -0.3 is 0 Å². The average molecular weight is 335 g/mol. The predicted octanol–water partition coefficient (Wildman–Crippen LogP) is 4.11. The fraction of sp³-hybridized carbons (Fsp3) is 0.120. The van der Waals surface area contributed by atoms with Crippen LogP contribution < -0.4 is 9.46 Å². The molecule has 0 spiro atoms. The first-order valence-electron chi connectivity index (χ1n) is 9.07. The minimum Gasteiger partial charge on any atom is -0.173 e. The van der Waals surface area contributed by atoms with Crippen LogP contribution in [0.5, 0.6) is 0 Å². The first-order chi connectivity index (χ1) is 12.6. The standard InChI is InChI=1S/C25H21N/c1-25(2)22-19-12-8-7-9-17(19)13-14-20(22)21-15-16-26(3)24(23(21)25)18-10-5-4-6-11-18/h4-16H,3H2,1-2H3. The number of fused-ring (bicyclic) bond motifs is 4. The van der Waals surface area contributed by atoms with Crippen molar-refractivity contribution < 1.29 is 4.24 Å². The maximum atomic E-state index is 4.28. The van der Waals surface area contributed by atoms with Gasteiger partial charge in [0, 0.05) is 17.2 Å². The number of rotatable bonds is 1. The van der Waals surface area contributed by atoms with Crippen LogP contribution in [0.15, 0.2) is 66.9 Å². The third kappa shape index (κ3) is 1.91. The molecule has 1 aromatic heterocycles. The zero-order valence-corrected chi connectivity index (χ0v) is 15.2. The highest BCUT2D eigenvalue weighted by Crippen LogP contribution is 2.43. The first kappa shape index (κ1) is 15.2. The average Bonchev–Trinajstić information content (AvgIpc) is 2.90. The summed E-state index contributed by atoms with van der Waals surface area (Å²) in [6.45, 7) is 8.97. The quantitative estimate of drug-likeness (QED) is 0.466. The Balaban J connectivity index is 1.98. The lowest BCUT2D eigenvalue weighted by Gasteiger charge is -2.30. The van der Waals surface area contributed by atoms with Crippen molar-refractivity contribution in [2.45, 2.75) is 19.3 Å². The van der Waals surface area contributed by atoms with Gasteiger partial charge in [-0.25, -0.2) is 0 Å². The molecule has 1 heteroatoms. The van der Waals surface area contributed by atoms with Gasteiger partial charge >= 0.3 is 0 Å². The van der Waals surface area contributed by atoms with Gasteiger partial charge in [-0.15, -0.1) is 41.0 Å². The number of aromatic nitrogens is 1. The summed E-state index contributed by atoms with van der Waals surface area (Å²) in [6, 6.07) is 17.4. The van der Waals surface area contributed by atoms with Crippen molar-refractivity contribution >= 4 is 6.08 Å². The van der Waals surface area contributed by atoms with Crippen LogP contribution in [0.25, 0.3) is 17.3 Å². The van der Waals surface area contributed by atoms with E-state index in [9.17, 15) is 0 Å². The summed E-state index contributed by atoms with van der Waals surface area (Å²) in [4.78, 5) is 0. The van der Waals surface area contributed by atoms with E-state index in [1.165, 1.54) is 43.6 Å². The van der Waals surface area contributed by atoms with Gasteiger partial charge in [0.2, 0.25) is 5.69 Å². The van der Waals surface area contributed by atoms with Gasteiger partial charge in [0.05, 0.1) is 0 Å². The van der Waals surface area contributed by atoms with Crippen molar-refractivity contribution in [3.63, 3.8) is 0 Å². The van der Waals surface area contributed by atoms with E-state index in [0.29, 0.717) is 0 Å². The number of hydrogen-bond acceptors (Lipinski definition) is 0. The van der Waals surface area contributed by atoms with Crippen molar-refractivity contribution in [1.82, 2.24) is 0 Å². The molecule has 0 radical (unpaired) electrons. The Bertz CT molecular complexity index is 1280. The Morgan fingerprint density at radius 1 is 0.923 bits per heavy atom. The number of hydrogen-bond donors (Lipinski definition) is 0. The third-order valence-corrected chi connectivity index (χ3v) is 5.73. The van der Waals surface area contributed by atoms with Crippen LogP contribution in [-0.2, 0) is 5.41 Å². The van der Waals surface area contributed by atoms with E-state index in [1.54, 1.807) is 0 Å². The molecule has 0 saturated carbocycles. The molecule has 0 fully saturated rings. The Morgan fingerprint density at radius 2 is 1.69 bits per heavy atom. The van der Waals surface area contributed by atoms with Crippen molar-refractivity contribution in [3.05, 3.63) is 112 Å². The van der Waals surface area contributed by atoms with Gasteiger partial charge in [-0.3, -0.25) is 0 Å². The maximum absolute atomic E-state index is 4.28. The molecule has 1 nitrogen and oxygen atoms in total. The van der Waals surface area contributed by atoms with E-state index >= 15 is 0 Å². The summed E-state index contributed by atoms with van der Waals surface area (Å²) in [6.07, 6.45) is 10.8. The second-order valence-electron chi connectivity index (χ2n) is 7.62. The topological polar surface area (TPSA) is 5.90 Å². The molecule has 126 valence electrons. The zero-order valence-electron chi connectivity index (χ0n) is 15.2.